The van der Waals surface area contributed by atoms with E-state index >= 15 is 0 Å². The molecule has 0 fully saturated rings. The monoisotopic (exact) mass is 257 g/mol. The van der Waals surface area contributed by atoms with Crippen LogP contribution >= 0.6 is 0 Å². The minimum atomic E-state index is -0.113. The number of aryl methyl sites for hydroxylation is 1. The molecule has 1 amide bonds. The van der Waals surface area contributed by atoms with Gasteiger partial charge in [0.2, 0.25) is 0 Å². The molecule has 0 aliphatic carbocycles. The Bertz CT molecular complexity index is 593. The molecule has 1 heterocycles. The van der Waals surface area contributed by atoms with Crippen molar-refractivity contribution in [3.05, 3.63) is 47.2 Å². The highest BCUT2D eigenvalue weighted by Gasteiger charge is 2.21. The van der Waals surface area contributed by atoms with Crippen LogP contribution in [0.1, 0.15) is 42.3 Å². The Labute approximate surface area is 113 Å². The van der Waals surface area contributed by atoms with Gasteiger partial charge in [0.15, 0.2) is 0 Å². The highest BCUT2D eigenvalue weighted by molar-refractivity contribution is 6.05. The zero-order valence-corrected chi connectivity index (χ0v) is 11.7. The van der Waals surface area contributed by atoms with Crippen molar-refractivity contribution in [2.45, 2.75) is 33.1 Å². The summed E-state index contributed by atoms with van der Waals surface area (Å²) in [7, 11) is 0. The number of hydrogen-bond donors (Lipinski definition) is 2. The predicted molar refractivity (Wildman–Crippen MR) is 76.4 cm³/mol. The molecule has 1 aromatic carbocycles. The van der Waals surface area contributed by atoms with E-state index in [-0.39, 0.29) is 11.3 Å². The molecule has 4 nitrogen and oxygen atoms in total. The van der Waals surface area contributed by atoms with Gasteiger partial charge in [0.1, 0.15) is 5.82 Å². The summed E-state index contributed by atoms with van der Waals surface area (Å²) < 4.78 is 0. The van der Waals surface area contributed by atoms with Crippen molar-refractivity contribution in [1.29, 1.82) is 0 Å². The SMILES string of the molecule is Cc1cn[nH]c1NC(=O)c1ccccc1C(C)(C)C. The van der Waals surface area contributed by atoms with E-state index in [2.05, 4.69) is 36.3 Å². The summed E-state index contributed by atoms with van der Waals surface area (Å²) in [5.74, 6) is 0.534. The van der Waals surface area contributed by atoms with Crippen LogP contribution in [0.2, 0.25) is 0 Å². The third kappa shape index (κ3) is 2.84. The molecule has 0 radical (unpaired) electrons. The fourth-order valence-corrected chi connectivity index (χ4v) is 1.99. The Balaban J connectivity index is 2.32. The number of hydrogen-bond acceptors (Lipinski definition) is 2. The Morgan fingerprint density at radius 3 is 2.53 bits per heavy atom. The van der Waals surface area contributed by atoms with Crippen LogP contribution in [0.3, 0.4) is 0 Å². The van der Waals surface area contributed by atoms with Gasteiger partial charge in [-0.3, -0.25) is 9.89 Å². The Hall–Kier alpha value is -2.10. The van der Waals surface area contributed by atoms with Crippen LogP contribution in [-0.4, -0.2) is 16.1 Å². The third-order valence-electron chi connectivity index (χ3n) is 3.05. The number of amides is 1. The van der Waals surface area contributed by atoms with Crippen molar-refractivity contribution in [2.24, 2.45) is 0 Å². The molecule has 0 unspecified atom stereocenters. The summed E-state index contributed by atoms with van der Waals surface area (Å²) >= 11 is 0. The lowest BCUT2D eigenvalue weighted by atomic mass is 9.83. The average Bonchev–Trinajstić information content (AvgIpc) is 2.74. The lowest BCUT2D eigenvalue weighted by Gasteiger charge is -2.22. The molecule has 100 valence electrons. The predicted octanol–water partition coefficient (Wildman–Crippen LogP) is 3.27. The fraction of sp³-hybridized carbons (Fsp3) is 0.333. The summed E-state index contributed by atoms with van der Waals surface area (Å²) in [6, 6.07) is 7.68. The topological polar surface area (TPSA) is 57.8 Å². The highest BCUT2D eigenvalue weighted by atomic mass is 16.1. The molecule has 0 atom stereocenters. The average molecular weight is 257 g/mol. The number of benzene rings is 1. The van der Waals surface area contributed by atoms with Crippen LogP contribution in [-0.2, 0) is 5.41 Å². The van der Waals surface area contributed by atoms with Gasteiger partial charge in [-0.15, -0.1) is 0 Å². The summed E-state index contributed by atoms with van der Waals surface area (Å²) in [5, 5.41) is 9.54. The molecule has 19 heavy (non-hydrogen) atoms. The minimum absolute atomic E-state index is 0.0725. The molecular weight excluding hydrogens is 238 g/mol. The Morgan fingerprint density at radius 1 is 1.26 bits per heavy atom. The maximum atomic E-state index is 12.4. The van der Waals surface area contributed by atoms with Crippen molar-refractivity contribution in [1.82, 2.24) is 10.2 Å². The van der Waals surface area contributed by atoms with Crippen LogP contribution in [0, 0.1) is 6.92 Å². The molecular formula is C15H19N3O. The number of H-pyrrole nitrogens is 1. The van der Waals surface area contributed by atoms with E-state index in [9.17, 15) is 4.79 Å². The maximum Gasteiger partial charge on any atom is 0.257 e. The maximum absolute atomic E-state index is 12.4. The number of aromatic nitrogens is 2. The zero-order chi connectivity index (χ0) is 14.0. The number of rotatable bonds is 2. The van der Waals surface area contributed by atoms with E-state index < -0.39 is 0 Å². The van der Waals surface area contributed by atoms with Crippen molar-refractivity contribution in [2.75, 3.05) is 5.32 Å². The van der Waals surface area contributed by atoms with Gasteiger partial charge in [0, 0.05) is 11.1 Å². The molecule has 2 N–H and O–H groups in total. The van der Waals surface area contributed by atoms with Gasteiger partial charge in [-0.2, -0.15) is 5.10 Å². The number of anilines is 1. The van der Waals surface area contributed by atoms with E-state index in [1.54, 1.807) is 6.20 Å². The Morgan fingerprint density at radius 2 is 1.95 bits per heavy atom. The molecule has 0 saturated heterocycles. The Kier molecular flexibility index (Phi) is 3.42. The highest BCUT2D eigenvalue weighted by Crippen LogP contribution is 2.26. The summed E-state index contributed by atoms with van der Waals surface area (Å²) in [5.41, 5.74) is 2.58. The lowest BCUT2D eigenvalue weighted by molar-refractivity contribution is 0.102. The number of aromatic amines is 1. The number of carbonyl (C=O) groups is 1. The standard InChI is InChI=1S/C15H19N3O/c1-10-9-16-18-13(10)17-14(19)11-7-5-6-8-12(11)15(2,3)4/h5-9H,1-4H3,(H2,16,17,18,19). The van der Waals surface area contributed by atoms with Crippen LogP contribution in [0.4, 0.5) is 5.82 Å². The van der Waals surface area contributed by atoms with Crippen LogP contribution in [0.25, 0.3) is 0 Å². The lowest BCUT2D eigenvalue weighted by Crippen LogP contribution is -2.21. The van der Waals surface area contributed by atoms with Crippen molar-refractivity contribution in [3.8, 4) is 0 Å². The van der Waals surface area contributed by atoms with Gasteiger partial charge >= 0.3 is 0 Å². The summed E-state index contributed by atoms with van der Waals surface area (Å²) in [4.78, 5) is 12.4. The first kappa shape index (κ1) is 13.3. The molecule has 2 rings (SSSR count). The van der Waals surface area contributed by atoms with E-state index in [0.29, 0.717) is 11.4 Å². The van der Waals surface area contributed by atoms with Crippen molar-refractivity contribution < 1.29 is 4.79 Å². The largest absolute Gasteiger partial charge is 0.307 e. The number of carbonyl (C=O) groups excluding carboxylic acids is 1. The second kappa shape index (κ2) is 4.88. The summed E-state index contributed by atoms with van der Waals surface area (Å²) in [6.07, 6.45) is 1.69. The molecule has 0 saturated carbocycles. The summed E-state index contributed by atoms with van der Waals surface area (Å²) in [6.45, 7) is 8.19. The first-order valence-corrected chi connectivity index (χ1v) is 6.30. The van der Waals surface area contributed by atoms with Gasteiger partial charge < -0.3 is 5.32 Å². The van der Waals surface area contributed by atoms with Crippen LogP contribution < -0.4 is 5.32 Å². The molecule has 0 bridgehead atoms. The minimum Gasteiger partial charge on any atom is -0.307 e. The van der Waals surface area contributed by atoms with E-state index in [1.807, 2.05) is 31.2 Å². The molecule has 0 aliphatic rings. The van der Waals surface area contributed by atoms with Gasteiger partial charge in [0.05, 0.1) is 6.20 Å². The number of nitrogens with one attached hydrogen (secondary N) is 2. The van der Waals surface area contributed by atoms with Crippen LogP contribution in [0.15, 0.2) is 30.5 Å². The third-order valence-corrected chi connectivity index (χ3v) is 3.05. The van der Waals surface area contributed by atoms with Crippen LogP contribution in [0.5, 0.6) is 0 Å². The van der Waals surface area contributed by atoms with Crippen molar-refractivity contribution in [3.63, 3.8) is 0 Å². The molecule has 0 spiro atoms. The molecule has 0 aliphatic heterocycles. The number of nitrogens with zero attached hydrogens (tertiary/aromatic N) is 1. The quantitative estimate of drug-likeness (QED) is 0.867. The molecule has 1 aromatic heterocycles. The second-order valence-electron chi connectivity index (χ2n) is 5.68. The van der Waals surface area contributed by atoms with Crippen molar-refractivity contribution >= 4 is 11.7 Å². The molecule has 4 heteroatoms. The van der Waals surface area contributed by atoms with E-state index in [0.717, 1.165) is 11.1 Å². The van der Waals surface area contributed by atoms with Gasteiger partial charge in [-0.25, -0.2) is 0 Å². The normalized spacial score (nSPS) is 11.4. The molecule has 2 aromatic rings. The van der Waals surface area contributed by atoms with Gasteiger partial charge in [-0.1, -0.05) is 39.0 Å². The van der Waals surface area contributed by atoms with E-state index in [4.69, 9.17) is 0 Å². The fourth-order valence-electron chi connectivity index (χ4n) is 1.99. The van der Waals surface area contributed by atoms with Gasteiger partial charge in [-0.05, 0) is 24.0 Å². The first-order chi connectivity index (χ1) is 8.89. The smallest absolute Gasteiger partial charge is 0.257 e. The van der Waals surface area contributed by atoms with Gasteiger partial charge in [0.25, 0.3) is 5.91 Å². The second-order valence-corrected chi connectivity index (χ2v) is 5.68. The first-order valence-electron chi connectivity index (χ1n) is 6.30. The van der Waals surface area contributed by atoms with E-state index in [1.165, 1.54) is 0 Å². The zero-order valence-electron chi connectivity index (χ0n) is 11.7.